The molecule has 0 unspecified atom stereocenters. The molecule has 2 aromatic heterocycles. The first kappa shape index (κ1) is 21.7. The first-order chi connectivity index (χ1) is 8.79. The fourth-order valence-electron chi connectivity index (χ4n) is 0.687. The molecular formula is C15H30N2O. The zero-order valence-electron chi connectivity index (χ0n) is 13.2. The summed E-state index contributed by atoms with van der Waals surface area (Å²) in [6, 6.07) is 2.03. The van der Waals surface area contributed by atoms with Crippen LogP contribution in [0, 0.1) is 13.8 Å². The summed E-state index contributed by atoms with van der Waals surface area (Å²) in [5, 5.41) is 0. The second-order valence-electron chi connectivity index (χ2n) is 2.50. The Morgan fingerprint density at radius 2 is 1.56 bits per heavy atom. The van der Waals surface area contributed by atoms with Crippen LogP contribution in [0.25, 0.3) is 0 Å². The minimum atomic E-state index is 0.856. The summed E-state index contributed by atoms with van der Waals surface area (Å²) in [5.41, 5.74) is 1.29. The van der Waals surface area contributed by atoms with Gasteiger partial charge in [-0.15, -0.1) is 0 Å². The molecule has 0 aliphatic carbocycles. The lowest BCUT2D eigenvalue weighted by molar-refractivity contribution is 0.527. The van der Waals surface area contributed by atoms with Gasteiger partial charge < -0.3 is 9.40 Å². The SMILES string of the molecule is CC.CC.CC.Cc1cc[nH]c1.Cc1cnco1. The zero-order chi connectivity index (χ0) is 14.8. The standard InChI is InChI=1S/C5H7N.C4H5NO.3C2H6/c1-5-2-3-6-4-5;1-4-2-5-3-6-4;3*1-2/h2-4,6H,1H3;2-3H,1H3;3*1-2H3. The van der Waals surface area contributed by atoms with Crippen LogP contribution in [0.5, 0.6) is 0 Å². The van der Waals surface area contributed by atoms with E-state index in [0.29, 0.717) is 0 Å². The summed E-state index contributed by atoms with van der Waals surface area (Å²) >= 11 is 0. The van der Waals surface area contributed by atoms with Gasteiger partial charge in [-0.2, -0.15) is 0 Å². The van der Waals surface area contributed by atoms with Crippen molar-refractivity contribution in [1.82, 2.24) is 9.97 Å². The predicted octanol–water partition coefficient (Wildman–Crippen LogP) is 5.38. The number of aryl methyl sites for hydroxylation is 2. The van der Waals surface area contributed by atoms with Crippen molar-refractivity contribution in [2.24, 2.45) is 0 Å². The molecule has 3 heteroatoms. The average Bonchev–Trinajstić information content (AvgIpc) is 3.11. The molecular weight excluding hydrogens is 224 g/mol. The van der Waals surface area contributed by atoms with Crippen LogP contribution in [-0.2, 0) is 0 Å². The topological polar surface area (TPSA) is 41.8 Å². The molecule has 3 nitrogen and oxygen atoms in total. The minimum absolute atomic E-state index is 0.856. The van der Waals surface area contributed by atoms with Crippen LogP contribution in [0.15, 0.2) is 35.5 Å². The Hall–Kier alpha value is -1.51. The summed E-state index contributed by atoms with van der Waals surface area (Å²) in [7, 11) is 0. The predicted molar refractivity (Wildman–Crippen MR) is 80.8 cm³/mol. The number of H-pyrrole nitrogens is 1. The van der Waals surface area contributed by atoms with Gasteiger partial charge in [0, 0.05) is 12.4 Å². The molecule has 0 fully saturated rings. The van der Waals surface area contributed by atoms with Crippen molar-refractivity contribution in [3.8, 4) is 0 Å². The largest absolute Gasteiger partial charge is 0.449 e. The van der Waals surface area contributed by atoms with Crippen LogP contribution in [-0.4, -0.2) is 9.97 Å². The third-order valence-electron chi connectivity index (χ3n) is 1.31. The maximum Gasteiger partial charge on any atom is 0.180 e. The molecule has 0 atom stereocenters. The molecule has 0 radical (unpaired) electrons. The van der Waals surface area contributed by atoms with Gasteiger partial charge >= 0.3 is 0 Å². The van der Waals surface area contributed by atoms with Gasteiger partial charge in [-0.25, -0.2) is 4.98 Å². The maximum atomic E-state index is 4.72. The highest BCUT2D eigenvalue weighted by molar-refractivity contribution is 5.03. The highest BCUT2D eigenvalue weighted by Gasteiger charge is 1.77. The Morgan fingerprint density at radius 1 is 1.00 bits per heavy atom. The summed E-state index contributed by atoms with van der Waals surface area (Å²) in [6.45, 7) is 15.9. The molecule has 0 saturated heterocycles. The van der Waals surface area contributed by atoms with E-state index in [-0.39, 0.29) is 0 Å². The summed E-state index contributed by atoms with van der Waals surface area (Å²) in [4.78, 5) is 6.58. The van der Waals surface area contributed by atoms with Gasteiger partial charge in [0.15, 0.2) is 6.39 Å². The van der Waals surface area contributed by atoms with E-state index >= 15 is 0 Å². The van der Waals surface area contributed by atoms with E-state index in [9.17, 15) is 0 Å². The van der Waals surface area contributed by atoms with Gasteiger partial charge in [0.05, 0.1) is 6.20 Å². The molecule has 2 heterocycles. The number of nitrogens with zero attached hydrogens (tertiary/aromatic N) is 1. The van der Waals surface area contributed by atoms with Crippen molar-refractivity contribution in [2.45, 2.75) is 55.4 Å². The second-order valence-corrected chi connectivity index (χ2v) is 2.50. The summed E-state index contributed by atoms with van der Waals surface area (Å²) < 4.78 is 4.72. The van der Waals surface area contributed by atoms with Crippen molar-refractivity contribution in [1.29, 1.82) is 0 Å². The first-order valence-electron chi connectivity index (χ1n) is 6.73. The van der Waals surface area contributed by atoms with Gasteiger partial charge in [-0.05, 0) is 25.5 Å². The monoisotopic (exact) mass is 254 g/mol. The van der Waals surface area contributed by atoms with E-state index in [1.807, 2.05) is 66.9 Å². The summed E-state index contributed by atoms with van der Waals surface area (Å²) in [5.74, 6) is 0.856. The lowest BCUT2D eigenvalue weighted by Crippen LogP contribution is -1.50. The molecule has 2 rings (SSSR count). The molecule has 0 spiro atoms. The molecule has 0 bridgehead atoms. The van der Waals surface area contributed by atoms with Gasteiger partial charge in [0.2, 0.25) is 0 Å². The van der Waals surface area contributed by atoms with Gasteiger partial charge in [-0.1, -0.05) is 41.5 Å². The molecule has 0 amide bonds. The van der Waals surface area contributed by atoms with Crippen LogP contribution >= 0.6 is 0 Å². The molecule has 1 N–H and O–H groups in total. The normalized spacial score (nSPS) is 6.89. The Bertz CT molecular complexity index is 254. The smallest absolute Gasteiger partial charge is 0.180 e. The zero-order valence-corrected chi connectivity index (χ0v) is 13.2. The number of rotatable bonds is 0. The Labute approximate surface area is 113 Å². The number of aromatic amines is 1. The maximum absolute atomic E-state index is 4.72. The lowest BCUT2D eigenvalue weighted by atomic mass is 10.4. The van der Waals surface area contributed by atoms with E-state index in [1.54, 1.807) is 6.20 Å². The van der Waals surface area contributed by atoms with E-state index in [2.05, 4.69) is 16.9 Å². The number of hydrogen-bond acceptors (Lipinski definition) is 2. The van der Waals surface area contributed by atoms with Crippen LogP contribution in [0.4, 0.5) is 0 Å². The van der Waals surface area contributed by atoms with Crippen LogP contribution in [0.3, 0.4) is 0 Å². The molecule has 0 aliphatic heterocycles. The number of nitrogens with one attached hydrogen (secondary N) is 1. The van der Waals surface area contributed by atoms with Crippen LogP contribution in [0.2, 0.25) is 0 Å². The van der Waals surface area contributed by atoms with E-state index in [0.717, 1.165) is 5.76 Å². The van der Waals surface area contributed by atoms with Gasteiger partial charge in [0.1, 0.15) is 5.76 Å². The van der Waals surface area contributed by atoms with Crippen LogP contribution in [0.1, 0.15) is 52.9 Å². The number of aromatic nitrogens is 2. The molecule has 0 aromatic carbocycles. The minimum Gasteiger partial charge on any atom is -0.449 e. The molecule has 18 heavy (non-hydrogen) atoms. The Balaban J connectivity index is -0.000000178. The van der Waals surface area contributed by atoms with Gasteiger partial charge in [0.25, 0.3) is 0 Å². The fourth-order valence-corrected chi connectivity index (χ4v) is 0.687. The number of oxazole rings is 1. The highest BCUT2D eigenvalue weighted by Crippen LogP contribution is 1.89. The van der Waals surface area contributed by atoms with E-state index in [4.69, 9.17) is 4.42 Å². The quantitative estimate of drug-likeness (QED) is 0.685. The molecule has 106 valence electrons. The Kier molecular flexibility index (Phi) is 25.2. The average molecular weight is 254 g/mol. The van der Waals surface area contributed by atoms with E-state index < -0.39 is 0 Å². The number of hydrogen-bond donors (Lipinski definition) is 1. The van der Waals surface area contributed by atoms with Crippen molar-refractivity contribution >= 4 is 0 Å². The molecule has 0 saturated carbocycles. The van der Waals surface area contributed by atoms with E-state index in [1.165, 1.54) is 12.0 Å². The van der Waals surface area contributed by atoms with Crippen molar-refractivity contribution < 1.29 is 4.42 Å². The second kappa shape index (κ2) is 20.8. The van der Waals surface area contributed by atoms with Crippen molar-refractivity contribution in [3.63, 3.8) is 0 Å². The first-order valence-corrected chi connectivity index (χ1v) is 6.73. The van der Waals surface area contributed by atoms with Crippen molar-refractivity contribution in [2.75, 3.05) is 0 Å². The van der Waals surface area contributed by atoms with Crippen molar-refractivity contribution in [3.05, 3.63) is 42.4 Å². The van der Waals surface area contributed by atoms with Crippen LogP contribution < -0.4 is 0 Å². The Morgan fingerprint density at radius 3 is 1.67 bits per heavy atom. The third-order valence-corrected chi connectivity index (χ3v) is 1.31. The van der Waals surface area contributed by atoms with Gasteiger partial charge in [-0.3, -0.25) is 0 Å². The fraction of sp³-hybridized carbons (Fsp3) is 0.533. The third kappa shape index (κ3) is 16.9. The summed E-state index contributed by atoms with van der Waals surface area (Å²) in [6.07, 6.45) is 6.95. The lowest BCUT2D eigenvalue weighted by Gasteiger charge is -1.66. The highest BCUT2D eigenvalue weighted by atomic mass is 16.3. The molecule has 0 aliphatic rings. The molecule has 2 aromatic rings.